The highest BCUT2D eigenvalue weighted by Gasteiger charge is 2.32. The first-order valence-electron chi connectivity index (χ1n) is 9.71. The number of likely N-dealkylation sites (tertiary alicyclic amines) is 1. The van der Waals surface area contributed by atoms with Crippen LogP contribution in [0.4, 0.5) is 0 Å². The maximum absolute atomic E-state index is 12.4. The summed E-state index contributed by atoms with van der Waals surface area (Å²) in [5, 5.41) is 4.96. The summed E-state index contributed by atoms with van der Waals surface area (Å²) in [6.45, 7) is 10.9. The van der Waals surface area contributed by atoms with Crippen molar-refractivity contribution in [2.24, 2.45) is 0 Å². The zero-order valence-corrected chi connectivity index (χ0v) is 16.7. The first-order valence-corrected chi connectivity index (χ1v) is 10.6. The van der Waals surface area contributed by atoms with Gasteiger partial charge in [0.15, 0.2) is 0 Å². The Morgan fingerprint density at radius 1 is 1.31 bits per heavy atom. The van der Waals surface area contributed by atoms with Crippen molar-refractivity contribution >= 4 is 23.2 Å². The van der Waals surface area contributed by atoms with Gasteiger partial charge >= 0.3 is 11.8 Å². The Morgan fingerprint density at radius 2 is 2.12 bits per heavy atom. The Balaban J connectivity index is 1.39. The largest absolute Gasteiger partial charge is 0.347 e. The molecule has 1 atom stereocenters. The zero-order valence-electron chi connectivity index (χ0n) is 15.9. The van der Waals surface area contributed by atoms with E-state index in [9.17, 15) is 9.59 Å². The van der Waals surface area contributed by atoms with Gasteiger partial charge in [-0.2, -0.15) is 0 Å². The third kappa shape index (κ3) is 4.45. The molecule has 0 saturated carbocycles. The van der Waals surface area contributed by atoms with Crippen LogP contribution in [-0.2, 0) is 22.6 Å². The molecule has 0 radical (unpaired) electrons. The predicted octanol–water partition coefficient (Wildman–Crippen LogP) is 1.17. The van der Waals surface area contributed by atoms with Gasteiger partial charge in [0.05, 0.1) is 0 Å². The minimum atomic E-state index is -0.460. The van der Waals surface area contributed by atoms with Gasteiger partial charge in [0, 0.05) is 50.2 Å². The second-order valence-corrected chi connectivity index (χ2v) is 8.07. The third-order valence-corrected chi connectivity index (χ3v) is 6.60. The topological polar surface area (TPSA) is 55.9 Å². The van der Waals surface area contributed by atoms with Crippen molar-refractivity contribution in [2.45, 2.75) is 39.3 Å². The highest BCUT2D eigenvalue weighted by Crippen LogP contribution is 2.23. The second-order valence-electron chi connectivity index (χ2n) is 7.07. The average molecular weight is 379 g/mol. The summed E-state index contributed by atoms with van der Waals surface area (Å²) in [5.41, 5.74) is 1.41. The van der Waals surface area contributed by atoms with Crippen molar-refractivity contribution in [1.29, 1.82) is 0 Å². The monoisotopic (exact) mass is 378 g/mol. The maximum atomic E-state index is 12.4. The molecule has 0 bridgehead atoms. The number of rotatable bonds is 6. The van der Waals surface area contributed by atoms with Gasteiger partial charge in [0.25, 0.3) is 0 Å². The fourth-order valence-electron chi connectivity index (χ4n) is 4.01. The Morgan fingerprint density at radius 3 is 2.88 bits per heavy atom. The smallest absolute Gasteiger partial charge is 0.311 e. The van der Waals surface area contributed by atoms with E-state index in [0.717, 1.165) is 45.6 Å². The van der Waals surface area contributed by atoms with Crippen LogP contribution >= 0.6 is 11.3 Å². The fraction of sp³-hybridized carbons (Fsp3) is 0.684. The summed E-state index contributed by atoms with van der Waals surface area (Å²) in [6, 6.07) is 2.57. The van der Waals surface area contributed by atoms with Crippen LogP contribution in [-0.4, -0.2) is 78.4 Å². The molecule has 1 saturated heterocycles. The molecule has 1 aromatic rings. The molecule has 0 aliphatic carbocycles. The average Bonchev–Trinajstić information content (AvgIpc) is 3.31. The van der Waals surface area contributed by atoms with Crippen LogP contribution in [0.3, 0.4) is 0 Å². The molecular formula is C19H30N4O2S. The number of nitrogens with one attached hydrogen (secondary N) is 1. The van der Waals surface area contributed by atoms with Crippen molar-refractivity contribution < 1.29 is 9.59 Å². The van der Waals surface area contributed by atoms with Gasteiger partial charge in [-0.25, -0.2) is 0 Å². The Labute approximate surface area is 160 Å². The Kier molecular flexibility index (Phi) is 6.67. The van der Waals surface area contributed by atoms with Gasteiger partial charge < -0.3 is 10.2 Å². The molecule has 3 heterocycles. The number of hydrogen-bond donors (Lipinski definition) is 1. The van der Waals surface area contributed by atoms with Crippen LogP contribution in [0.2, 0.25) is 0 Å². The predicted molar refractivity (Wildman–Crippen MR) is 104 cm³/mol. The molecule has 1 N–H and O–H groups in total. The van der Waals surface area contributed by atoms with Gasteiger partial charge in [-0.3, -0.25) is 19.4 Å². The summed E-state index contributed by atoms with van der Waals surface area (Å²) < 4.78 is 0. The molecule has 144 valence electrons. The van der Waals surface area contributed by atoms with Crippen molar-refractivity contribution in [2.75, 3.05) is 45.8 Å². The van der Waals surface area contributed by atoms with Gasteiger partial charge in [0.1, 0.15) is 0 Å². The zero-order chi connectivity index (χ0) is 18.5. The lowest BCUT2D eigenvalue weighted by Crippen LogP contribution is -2.46. The number of amides is 2. The maximum Gasteiger partial charge on any atom is 0.311 e. The third-order valence-electron chi connectivity index (χ3n) is 5.57. The molecule has 6 nitrogen and oxygen atoms in total. The van der Waals surface area contributed by atoms with E-state index in [-0.39, 0.29) is 5.91 Å². The van der Waals surface area contributed by atoms with Gasteiger partial charge in [-0.1, -0.05) is 13.8 Å². The molecule has 1 aromatic heterocycles. The van der Waals surface area contributed by atoms with Crippen LogP contribution in [0.5, 0.6) is 0 Å². The van der Waals surface area contributed by atoms with E-state index in [2.05, 4.69) is 40.4 Å². The molecule has 2 amide bonds. The Hall–Kier alpha value is -1.44. The van der Waals surface area contributed by atoms with Crippen LogP contribution in [0.15, 0.2) is 11.4 Å². The molecule has 2 aliphatic rings. The van der Waals surface area contributed by atoms with Crippen molar-refractivity contribution in [1.82, 2.24) is 20.0 Å². The van der Waals surface area contributed by atoms with Crippen LogP contribution < -0.4 is 5.32 Å². The molecule has 2 aliphatic heterocycles. The molecule has 3 rings (SSSR count). The van der Waals surface area contributed by atoms with E-state index in [4.69, 9.17) is 0 Å². The summed E-state index contributed by atoms with van der Waals surface area (Å²) in [4.78, 5) is 32.5. The molecule has 1 unspecified atom stereocenters. The number of nitrogens with zero attached hydrogens (tertiary/aromatic N) is 3. The number of carbonyl (C=O) groups is 2. The van der Waals surface area contributed by atoms with E-state index in [1.807, 2.05) is 11.3 Å². The number of thiophene rings is 1. The van der Waals surface area contributed by atoms with Crippen molar-refractivity contribution in [3.8, 4) is 0 Å². The summed E-state index contributed by atoms with van der Waals surface area (Å²) in [5.74, 6) is -0.836. The van der Waals surface area contributed by atoms with E-state index < -0.39 is 5.91 Å². The molecule has 0 aromatic carbocycles. The van der Waals surface area contributed by atoms with E-state index in [1.165, 1.54) is 10.4 Å². The van der Waals surface area contributed by atoms with Crippen LogP contribution in [0, 0.1) is 0 Å². The highest BCUT2D eigenvalue weighted by atomic mass is 32.1. The van der Waals surface area contributed by atoms with Crippen molar-refractivity contribution in [3.63, 3.8) is 0 Å². The summed E-state index contributed by atoms with van der Waals surface area (Å²) in [7, 11) is 0. The SMILES string of the molecule is CCN(CC)C1CCN(C(=O)C(=O)NCCN2CCc3sccc3C2)C1. The standard InChI is InChI=1S/C19H30N4O2S/c1-3-22(4-2)16-5-10-23(14-16)19(25)18(24)20-8-11-21-9-6-17-15(13-21)7-12-26-17/h7,12,16H,3-6,8-11,13-14H2,1-2H3,(H,20,24). The number of hydrogen-bond acceptors (Lipinski definition) is 5. The minimum Gasteiger partial charge on any atom is -0.347 e. The molecule has 1 fully saturated rings. The highest BCUT2D eigenvalue weighted by molar-refractivity contribution is 7.10. The normalized spacial score (nSPS) is 20.4. The van der Waals surface area contributed by atoms with Gasteiger partial charge in [0.2, 0.25) is 0 Å². The van der Waals surface area contributed by atoms with Gasteiger partial charge in [-0.05, 0) is 42.9 Å². The quantitative estimate of drug-likeness (QED) is 0.755. The first-order chi connectivity index (χ1) is 12.6. The lowest BCUT2D eigenvalue weighted by molar-refractivity contribution is -0.145. The lowest BCUT2D eigenvalue weighted by atomic mass is 10.1. The van der Waals surface area contributed by atoms with E-state index >= 15 is 0 Å². The van der Waals surface area contributed by atoms with Crippen LogP contribution in [0.1, 0.15) is 30.7 Å². The van der Waals surface area contributed by atoms with E-state index in [1.54, 1.807) is 4.90 Å². The molecular weight excluding hydrogens is 348 g/mol. The molecule has 7 heteroatoms. The van der Waals surface area contributed by atoms with E-state index in [0.29, 0.717) is 25.7 Å². The molecule has 26 heavy (non-hydrogen) atoms. The second kappa shape index (κ2) is 8.97. The minimum absolute atomic E-state index is 0.376. The van der Waals surface area contributed by atoms with Crippen molar-refractivity contribution in [3.05, 3.63) is 21.9 Å². The number of likely N-dealkylation sites (N-methyl/N-ethyl adjacent to an activating group) is 1. The first kappa shape index (κ1) is 19.3. The Bertz CT molecular complexity index is 629. The number of carbonyl (C=O) groups excluding carboxylic acids is 2. The summed E-state index contributed by atoms with van der Waals surface area (Å²) in [6.07, 6.45) is 2.04. The summed E-state index contributed by atoms with van der Waals surface area (Å²) >= 11 is 1.83. The van der Waals surface area contributed by atoms with Gasteiger partial charge in [-0.15, -0.1) is 11.3 Å². The molecule has 0 spiro atoms. The lowest BCUT2D eigenvalue weighted by Gasteiger charge is -2.27. The fourth-order valence-corrected chi connectivity index (χ4v) is 4.90. The number of fused-ring (bicyclic) bond motifs is 1. The van der Waals surface area contributed by atoms with Crippen LogP contribution in [0.25, 0.3) is 0 Å².